The average molecular weight is 283 g/mol. The first-order chi connectivity index (χ1) is 10.0. The van der Waals surface area contributed by atoms with Crippen LogP contribution in [0.4, 0.5) is 0 Å². The highest BCUT2D eigenvalue weighted by molar-refractivity contribution is 5.69. The van der Waals surface area contributed by atoms with Crippen LogP contribution in [0.25, 0.3) is 11.1 Å². The van der Waals surface area contributed by atoms with E-state index in [1.54, 1.807) is 0 Å². The van der Waals surface area contributed by atoms with Crippen molar-refractivity contribution in [1.82, 2.24) is 15.1 Å². The highest BCUT2D eigenvalue weighted by atomic mass is 15.3. The van der Waals surface area contributed by atoms with E-state index in [0.29, 0.717) is 6.04 Å². The van der Waals surface area contributed by atoms with Gasteiger partial charge in [0, 0.05) is 30.4 Å². The van der Waals surface area contributed by atoms with E-state index in [2.05, 4.69) is 62.5 Å². The van der Waals surface area contributed by atoms with E-state index >= 15 is 0 Å². The number of rotatable bonds is 5. The summed E-state index contributed by atoms with van der Waals surface area (Å²) < 4.78 is 2.05. The third kappa shape index (κ3) is 3.18. The number of nitrogens with one attached hydrogen (secondary N) is 1. The summed E-state index contributed by atoms with van der Waals surface area (Å²) in [4.78, 5) is 0. The van der Waals surface area contributed by atoms with Gasteiger partial charge in [-0.1, -0.05) is 18.2 Å². The lowest BCUT2D eigenvalue weighted by molar-refractivity contribution is 0.529. The Hall–Kier alpha value is -1.61. The number of hydrogen-bond acceptors (Lipinski definition) is 2. The Bertz CT molecular complexity index is 636. The molecule has 1 aliphatic rings. The summed E-state index contributed by atoms with van der Waals surface area (Å²) >= 11 is 0. The van der Waals surface area contributed by atoms with Crippen molar-refractivity contribution < 1.29 is 0 Å². The minimum atomic E-state index is 0.403. The molecule has 0 aliphatic heterocycles. The Labute approximate surface area is 127 Å². The fraction of sp³-hybridized carbons (Fsp3) is 0.500. The van der Waals surface area contributed by atoms with Gasteiger partial charge < -0.3 is 5.32 Å². The third-order valence-electron chi connectivity index (χ3n) is 4.20. The summed E-state index contributed by atoms with van der Waals surface area (Å²) in [5.41, 5.74) is 6.36. The van der Waals surface area contributed by atoms with E-state index in [-0.39, 0.29) is 0 Å². The van der Waals surface area contributed by atoms with Gasteiger partial charge in [-0.05, 0) is 57.2 Å². The lowest BCUT2D eigenvalue weighted by atomic mass is 9.99. The zero-order valence-corrected chi connectivity index (χ0v) is 13.5. The van der Waals surface area contributed by atoms with Crippen LogP contribution in [0.5, 0.6) is 0 Å². The molecule has 0 atom stereocenters. The summed E-state index contributed by atoms with van der Waals surface area (Å²) in [7, 11) is 0. The van der Waals surface area contributed by atoms with Crippen LogP contribution in [0.3, 0.4) is 0 Å². The lowest BCUT2D eigenvalue weighted by Gasteiger charge is -2.09. The van der Waals surface area contributed by atoms with Crippen molar-refractivity contribution in [1.29, 1.82) is 0 Å². The first kappa shape index (κ1) is 14.3. The Morgan fingerprint density at radius 2 is 2.00 bits per heavy atom. The molecule has 0 spiro atoms. The van der Waals surface area contributed by atoms with Gasteiger partial charge >= 0.3 is 0 Å². The van der Waals surface area contributed by atoms with E-state index in [1.165, 1.54) is 35.1 Å². The predicted molar refractivity (Wildman–Crippen MR) is 87.4 cm³/mol. The smallest absolute Gasteiger partial charge is 0.0672 e. The fourth-order valence-corrected chi connectivity index (χ4v) is 2.70. The highest BCUT2D eigenvalue weighted by Gasteiger charge is 2.20. The van der Waals surface area contributed by atoms with E-state index in [9.17, 15) is 0 Å². The van der Waals surface area contributed by atoms with Gasteiger partial charge in [-0.2, -0.15) is 5.10 Å². The minimum Gasteiger partial charge on any atom is -0.310 e. The summed E-state index contributed by atoms with van der Waals surface area (Å²) in [5, 5.41) is 8.20. The van der Waals surface area contributed by atoms with Crippen LogP contribution in [-0.2, 0) is 6.54 Å². The molecule has 1 N–H and O–H groups in total. The molecule has 0 radical (unpaired) electrons. The lowest BCUT2D eigenvalue weighted by Crippen LogP contribution is -2.15. The van der Waals surface area contributed by atoms with Crippen molar-refractivity contribution >= 4 is 0 Å². The van der Waals surface area contributed by atoms with Crippen LogP contribution >= 0.6 is 0 Å². The van der Waals surface area contributed by atoms with Crippen molar-refractivity contribution in [2.24, 2.45) is 0 Å². The van der Waals surface area contributed by atoms with Crippen LogP contribution in [0, 0.1) is 13.8 Å². The first-order valence-electron chi connectivity index (χ1n) is 7.93. The van der Waals surface area contributed by atoms with Crippen LogP contribution in [-0.4, -0.2) is 15.8 Å². The molecular weight excluding hydrogens is 258 g/mol. The molecule has 3 rings (SSSR count). The van der Waals surface area contributed by atoms with E-state index in [0.717, 1.165) is 18.3 Å². The van der Waals surface area contributed by atoms with Gasteiger partial charge in [-0.15, -0.1) is 0 Å². The molecule has 1 aromatic heterocycles. The second-order valence-corrected chi connectivity index (χ2v) is 6.51. The molecule has 2 aromatic rings. The number of aryl methyl sites for hydroxylation is 2. The molecule has 3 nitrogen and oxygen atoms in total. The van der Waals surface area contributed by atoms with Gasteiger partial charge in [0.2, 0.25) is 0 Å². The van der Waals surface area contributed by atoms with Crippen molar-refractivity contribution in [3.05, 3.63) is 41.2 Å². The van der Waals surface area contributed by atoms with Crippen LogP contribution in [0.15, 0.2) is 24.4 Å². The van der Waals surface area contributed by atoms with Crippen molar-refractivity contribution in [2.45, 2.75) is 59.2 Å². The standard InChI is InChI=1S/C18H25N3/c1-12(2)21-11-18(14(4)20-21)17-8-5-15(9-13(17)3)10-19-16-6-7-16/h5,8-9,11-12,16,19H,6-7,10H2,1-4H3. The fourth-order valence-electron chi connectivity index (χ4n) is 2.70. The molecule has 1 aromatic carbocycles. The molecule has 0 unspecified atom stereocenters. The molecule has 1 saturated carbocycles. The van der Waals surface area contributed by atoms with Gasteiger partial charge in [0.25, 0.3) is 0 Å². The average Bonchev–Trinajstić information content (AvgIpc) is 3.19. The van der Waals surface area contributed by atoms with Crippen LogP contribution in [0.1, 0.15) is 49.6 Å². The largest absolute Gasteiger partial charge is 0.310 e. The number of hydrogen-bond donors (Lipinski definition) is 1. The van der Waals surface area contributed by atoms with Crippen LogP contribution in [0.2, 0.25) is 0 Å². The van der Waals surface area contributed by atoms with Crippen LogP contribution < -0.4 is 5.32 Å². The van der Waals surface area contributed by atoms with E-state index in [1.807, 2.05) is 4.68 Å². The predicted octanol–water partition coefficient (Wildman–Crippen LogP) is 4.00. The molecule has 0 amide bonds. The zero-order valence-electron chi connectivity index (χ0n) is 13.5. The molecule has 3 heteroatoms. The van der Waals surface area contributed by atoms with Crippen molar-refractivity contribution in [2.75, 3.05) is 0 Å². The second kappa shape index (κ2) is 5.64. The first-order valence-corrected chi connectivity index (χ1v) is 7.93. The van der Waals surface area contributed by atoms with E-state index < -0.39 is 0 Å². The van der Waals surface area contributed by atoms with Crippen molar-refractivity contribution in [3.8, 4) is 11.1 Å². The normalized spacial score (nSPS) is 14.9. The quantitative estimate of drug-likeness (QED) is 0.899. The SMILES string of the molecule is Cc1cc(CNC2CC2)ccc1-c1cn(C(C)C)nc1C. The second-order valence-electron chi connectivity index (χ2n) is 6.51. The Balaban J connectivity index is 1.84. The molecular formula is C18H25N3. The maximum atomic E-state index is 4.62. The number of benzene rings is 1. The highest BCUT2D eigenvalue weighted by Crippen LogP contribution is 2.28. The molecule has 0 bridgehead atoms. The summed E-state index contributed by atoms with van der Waals surface area (Å²) in [6, 6.07) is 7.95. The molecule has 1 aliphatic carbocycles. The molecule has 1 fully saturated rings. The zero-order chi connectivity index (χ0) is 15.0. The van der Waals surface area contributed by atoms with Gasteiger partial charge in [0.15, 0.2) is 0 Å². The van der Waals surface area contributed by atoms with Gasteiger partial charge in [-0.25, -0.2) is 0 Å². The maximum absolute atomic E-state index is 4.62. The maximum Gasteiger partial charge on any atom is 0.0672 e. The summed E-state index contributed by atoms with van der Waals surface area (Å²) in [6.45, 7) is 9.60. The number of aromatic nitrogens is 2. The van der Waals surface area contributed by atoms with Crippen molar-refractivity contribution in [3.63, 3.8) is 0 Å². The molecule has 21 heavy (non-hydrogen) atoms. The third-order valence-corrected chi connectivity index (χ3v) is 4.20. The van der Waals surface area contributed by atoms with E-state index in [4.69, 9.17) is 0 Å². The Kier molecular flexibility index (Phi) is 3.85. The minimum absolute atomic E-state index is 0.403. The summed E-state index contributed by atoms with van der Waals surface area (Å²) in [5.74, 6) is 0. The molecule has 1 heterocycles. The Morgan fingerprint density at radius 3 is 2.57 bits per heavy atom. The number of nitrogens with zero attached hydrogens (tertiary/aromatic N) is 2. The topological polar surface area (TPSA) is 29.9 Å². The summed E-state index contributed by atoms with van der Waals surface area (Å²) in [6.07, 6.45) is 4.85. The van der Waals surface area contributed by atoms with Gasteiger partial charge in [0.05, 0.1) is 5.69 Å². The Morgan fingerprint density at radius 1 is 1.24 bits per heavy atom. The monoisotopic (exact) mass is 283 g/mol. The molecule has 0 saturated heterocycles. The van der Waals surface area contributed by atoms with Gasteiger partial charge in [0.1, 0.15) is 0 Å². The van der Waals surface area contributed by atoms with Gasteiger partial charge in [-0.3, -0.25) is 4.68 Å². The molecule has 112 valence electrons.